The fourth-order valence-corrected chi connectivity index (χ4v) is 2.56. The Balaban J connectivity index is 1.77. The van der Waals surface area contributed by atoms with Gasteiger partial charge in [-0.05, 0) is 23.3 Å². The summed E-state index contributed by atoms with van der Waals surface area (Å²) in [4.78, 5) is 21.4. The second-order valence-corrected chi connectivity index (χ2v) is 5.43. The van der Waals surface area contributed by atoms with Crippen LogP contribution in [0.25, 0.3) is 11.1 Å². The lowest BCUT2D eigenvalue weighted by molar-refractivity contribution is 0.0703. The van der Waals surface area contributed by atoms with Crippen molar-refractivity contribution in [3.63, 3.8) is 0 Å². The predicted molar refractivity (Wildman–Crippen MR) is 92.3 cm³/mol. The first kappa shape index (κ1) is 16.0. The molecule has 0 bridgehead atoms. The lowest BCUT2D eigenvalue weighted by Gasteiger charge is -2.20. The van der Waals surface area contributed by atoms with Crippen molar-refractivity contribution in [2.45, 2.75) is 6.54 Å². The van der Waals surface area contributed by atoms with Crippen molar-refractivity contribution in [2.75, 3.05) is 13.2 Å². The second kappa shape index (κ2) is 7.57. The molecule has 0 aliphatic heterocycles. The van der Waals surface area contributed by atoms with E-state index >= 15 is 0 Å². The molecule has 0 saturated carbocycles. The van der Waals surface area contributed by atoms with Gasteiger partial charge < -0.3 is 15.0 Å². The maximum absolute atomic E-state index is 12.7. The topological polar surface area (TPSA) is 69.2 Å². The van der Waals surface area contributed by atoms with Crippen LogP contribution in [0.1, 0.15) is 16.2 Å². The van der Waals surface area contributed by atoms with E-state index in [9.17, 15) is 9.90 Å². The van der Waals surface area contributed by atoms with Gasteiger partial charge in [-0.2, -0.15) is 0 Å². The van der Waals surface area contributed by atoms with E-state index in [1.54, 1.807) is 17.3 Å². The molecule has 0 aliphatic rings. The second-order valence-electron chi connectivity index (χ2n) is 5.43. The smallest absolute Gasteiger partial charge is 0.254 e. The minimum atomic E-state index is -0.125. The molecule has 5 nitrogen and oxygen atoms in total. The Morgan fingerprint density at radius 1 is 1.04 bits per heavy atom. The fourth-order valence-electron chi connectivity index (χ4n) is 2.56. The molecular formula is C19H19N3O2. The lowest BCUT2D eigenvalue weighted by Crippen LogP contribution is -2.33. The number of nitrogens with zero attached hydrogens (tertiary/aromatic N) is 2. The number of rotatable bonds is 6. The van der Waals surface area contributed by atoms with E-state index in [4.69, 9.17) is 0 Å². The largest absolute Gasteiger partial charge is 0.395 e. The van der Waals surface area contributed by atoms with Gasteiger partial charge in [-0.15, -0.1) is 0 Å². The number of H-pyrrole nitrogens is 1. The monoisotopic (exact) mass is 321 g/mol. The number of hydrogen-bond donors (Lipinski definition) is 2. The highest BCUT2D eigenvalue weighted by Gasteiger charge is 2.16. The van der Waals surface area contributed by atoms with E-state index < -0.39 is 0 Å². The van der Waals surface area contributed by atoms with Gasteiger partial charge in [0.25, 0.3) is 5.91 Å². The fraction of sp³-hybridized carbons (Fsp3) is 0.158. The van der Waals surface area contributed by atoms with Crippen LogP contribution in [-0.4, -0.2) is 39.0 Å². The zero-order valence-electron chi connectivity index (χ0n) is 13.2. The molecule has 1 aromatic heterocycles. The van der Waals surface area contributed by atoms with Crippen LogP contribution >= 0.6 is 0 Å². The average molecular weight is 321 g/mol. The summed E-state index contributed by atoms with van der Waals surface area (Å²) in [6.45, 7) is 0.515. The summed E-state index contributed by atoms with van der Waals surface area (Å²) in [6, 6.07) is 17.5. The van der Waals surface area contributed by atoms with E-state index in [0.717, 1.165) is 11.1 Å². The number of hydrogen-bond acceptors (Lipinski definition) is 3. The van der Waals surface area contributed by atoms with Gasteiger partial charge in [-0.25, -0.2) is 4.98 Å². The Hall–Kier alpha value is -2.92. The molecule has 0 aliphatic carbocycles. The molecule has 0 radical (unpaired) electrons. The highest BCUT2D eigenvalue weighted by Crippen LogP contribution is 2.20. The first-order valence-corrected chi connectivity index (χ1v) is 7.82. The van der Waals surface area contributed by atoms with Crippen LogP contribution in [0.15, 0.2) is 67.0 Å². The number of aliphatic hydroxyl groups excluding tert-OH is 1. The van der Waals surface area contributed by atoms with Crippen LogP contribution in [0, 0.1) is 0 Å². The maximum Gasteiger partial charge on any atom is 0.254 e. The maximum atomic E-state index is 12.7. The lowest BCUT2D eigenvalue weighted by atomic mass is 10.0. The molecule has 3 rings (SSSR count). The summed E-state index contributed by atoms with van der Waals surface area (Å²) >= 11 is 0. The molecule has 0 saturated heterocycles. The molecule has 0 spiro atoms. The van der Waals surface area contributed by atoms with Crippen LogP contribution < -0.4 is 0 Å². The molecule has 0 unspecified atom stereocenters. The van der Waals surface area contributed by atoms with E-state index in [2.05, 4.69) is 9.97 Å². The quantitative estimate of drug-likeness (QED) is 0.733. The van der Waals surface area contributed by atoms with Crippen molar-refractivity contribution < 1.29 is 9.90 Å². The summed E-state index contributed by atoms with van der Waals surface area (Å²) in [7, 11) is 0. The van der Waals surface area contributed by atoms with Crippen molar-refractivity contribution in [3.05, 3.63) is 78.4 Å². The standard InChI is InChI=1S/C19H19N3O2/c23-13-12-22(14-18-20-10-11-21-18)19(24)17-8-6-16(7-9-17)15-4-2-1-3-5-15/h1-11,23H,12-14H2,(H,20,21). The van der Waals surface area contributed by atoms with Crippen LogP contribution in [-0.2, 0) is 6.54 Å². The summed E-state index contributed by atoms with van der Waals surface area (Å²) in [5, 5.41) is 9.23. The summed E-state index contributed by atoms with van der Waals surface area (Å²) in [6.07, 6.45) is 3.36. The van der Waals surface area contributed by atoms with Crippen LogP contribution in [0.4, 0.5) is 0 Å². The van der Waals surface area contributed by atoms with Gasteiger partial charge in [0.15, 0.2) is 0 Å². The SMILES string of the molecule is O=C(c1ccc(-c2ccccc2)cc1)N(CCO)Cc1ncc[nH]1. The number of aromatic amines is 1. The van der Waals surface area contributed by atoms with Gasteiger partial charge in [-0.1, -0.05) is 42.5 Å². The molecule has 0 atom stereocenters. The van der Waals surface area contributed by atoms with E-state index in [1.165, 1.54) is 0 Å². The van der Waals surface area contributed by atoms with Crippen molar-refractivity contribution in [1.29, 1.82) is 0 Å². The van der Waals surface area contributed by atoms with E-state index in [0.29, 0.717) is 17.9 Å². The third-order valence-electron chi connectivity index (χ3n) is 3.79. The van der Waals surface area contributed by atoms with Gasteiger partial charge in [0.1, 0.15) is 5.82 Å². The molecule has 2 N–H and O–H groups in total. The van der Waals surface area contributed by atoms with Crippen molar-refractivity contribution in [3.8, 4) is 11.1 Å². The molecule has 3 aromatic rings. The Morgan fingerprint density at radius 2 is 1.75 bits per heavy atom. The number of aliphatic hydroxyl groups is 1. The Labute approximate surface area is 140 Å². The van der Waals surface area contributed by atoms with Crippen molar-refractivity contribution >= 4 is 5.91 Å². The van der Waals surface area contributed by atoms with Gasteiger partial charge in [-0.3, -0.25) is 4.79 Å². The number of nitrogens with one attached hydrogen (secondary N) is 1. The third kappa shape index (κ3) is 3.70. The normalized spacial score (nSPS) is 10.5. The Bertz CT molecular complexity index is 768. The highest BCUT2D eigenvalue weighted by atomic mass is 16.3. The third-order valence-corrected chi connectivity index (χ3v) is 3.79. The average Bonchev–Trinajstić information content (AvgIpc) is 3.15. The number of carbonyl (C=O) groups is 1. The minimum Gasteiger partial charge on any atom is -0.395 e. The van der Waals surface area contributed by atoms with E-state index in [-0.39, 0.29) is 19.1 Å². The zero-order valence-corrected chi connectivity index (χ0v) is 13.2. The first-order valence-electron chi connectivity index (χ1n) is 7.82. The number of carbonyl (C=O) groups excluding carboxylic acids is 1. The van der Waals surface area contributed by atoms with Crippen LogP contribution in [0.2, 0.25) is 0 Å². The molecule has 24 heavy (non-hydrogen) atoms. The zero-order chi connectivity index (χ0) is 16.8. The highest BCUT2D eigenvalue weighted by molar-refractivity contribution is 5.94. The van der Waals surface area contributed by atoms with Crippen molar-refractivity contribution in [1.82, 2.24) is 14.9 Å². The molecule has 1 amide bonds. The van der Waals surface area contributed by atoms with Crippen LogP contribution in [0.3, 0.4) is 0 Å². The molecule has 2 aromatic carbocycles. The minimum absolute atomic E-state index is 0.0887. The van der Waals surface area contributed by atoms with Gasteiger partial charge in [0.2, 0.25) is 0 Å². The van der Waals surface area contributed by atoms with Crippen molar-refractivity contribution in [2.24, 2.45) is 0 Å². The summed E-state index contributed by atoms with van der Waals surface area (Å²) < 4.78 is 0. The number of imidazole rings is 1. The molecular weight excluding hydrogens is 302 g/mol. The molecule has 0 fully saturated rings. The number of aromatic nitrogens is 2. The predicted octanol–water partition coefficient (Wildman–Crippen LogP) is 2.71. The van der Waals surface area contributed by atoms with E-state index in [1.807, 2.05) is 54.6 Å². The summed E-state index contributed by atoms with van der Waals surface area (Å²) in [5.74, 6) is 0.567. The summed E-state index contributed by atoms with van der Waals surface area (Å²) in [5.41, 5.74) is 2.76. The Morgan fingerprint density at radius 3 is 2.38 bits per heavy atom. The molecule has 122 valence electrons. The molecule has 1 heterocycles. The number of benzene rings is 2. The Kier molecular flexibility index (Phi) is 5.03. The van der Waals surface area contributed by atoms with Gasteiger partial charge >= 0.3 is 0 Å². The van der Waals surface area contributed by atoms with Gasteiger partial charge in [0, 0.05) is 24.5 Å². The first-order chi connectivity index (χ1) is 11.8. The van der Waals surface area contributed by atoms with Crippen LogP contribution in [0.5, 0.6) is 0 Å². The molecule has 5 heteroatoms. The number of amides is 1. The van der Waals surface area contributed by atoms with Gasteiger partial charge in [0.05, 0.1) is 13.2 Å².